The van der Waals surface area contributed by atoms with Crippen LogP contribution in [0.5, 0.6) is 0 Å². The zero-order valence-corrected chi connectivity index (χ0v) is 26.3. The number of thiophene rings is 1. The Labute approximate surface area is 266 Å². The van der Waals surface area contributed by atoms with Crippen molar-refractivity contribution in [2.75, 3.05) is 0 Å². The number of aliphatic imine (C=N–C) groups is 2. The fourth-order valence-corrected chi connectivity index (χ4v) is 7.86. The third-order valence-electron chi connectivity index (χ3n) is 9.18. The van der Waals surface area contributed by atoms with E-state index in [1.54, 1.807) is 0 Å². The molecule has 1 aliphatic carbocycles. The summed E-state index contributed by atoms with van der Waals surface area (Å²) in [6.45, 7) is 6.87. The molecule has 1 aliphatic heterocycles. The Morgan fingerprint density at radius 3 is 2.22 bits per heavy atom. The van der Waals surface area contributed by atoms with Gasteiger partial charge in [0.15, 0.2) is 5.84 Å². The fraction of sp³-hybridized carbons (Fsp3) is 0.122. The first kappa shape index (κ1) is 26.4. The topological polar surface area (TPSA) is 29.6 Å². The van der Waals surface area contributed by atoms with Gasteiger partial charge in [0, 0.05) is 42.2 Å². The molecule has 0 radical (unpaired) electrons. The van der Waals surface area contributed by atoms with Crippen molar-refractivity contribution in [2.24, 2.45) is 9.98 Å². The minimum Gasteiger partial charge on any atom is -0.309 e. The lowest BCUT2D eigenvalue weighted by Crippen LogP contribution is -2.11. The van der Waals surface area contributed by atoms with Crippen molar-refractivity contribution in [2.45, 2.75) is 32.2 Å². The molecule has 2 aliphatic rings. The highest BCUT2D eigenvalue weighted by molar-refractivity contribution is 7.25. The van der Waals surface area contributed by atoms with E-state index >= 15 is 0 Å². The minimum atomic E-state index is 0.0338. The van der Waals surface area contributed by atoms with E-state index in [0.717, 1.165) is 22.8 Å². The maximum absolute atomic E-state index is 4.86. The van der Waals surface area contributed by atoms with E-state index in [9.17, 15) is 0 Å². The highest BCUT2D eigenvalue weighted by Crippen LogP contribution is 2.42. The first-order valence-electron chi connectivity index (χ1n) is 15.5. The number of aromatic nitrogens is 1. The molecule has 1 atom stereocenters. The molecule has 5 aromatic carbocycles. The maximum atomic E-state index is 4.86. The quantitative estimate of drug-likeness (QED) is 0.194. The van der Waals surface area contributed by atoms with Gasteiger partial charge in [0.2, 0.25) is 0 Å². The van der Waals surface area contributed by atoms with Crippen molar-refractivity contribution in [1.82, 2.24) is 4.57 Å². The number of nitrogens with zero attached hydrogens (tertiary/aromatic N) is 3. The van der Waals surface area contributed by atoms with Crippen LogP contribution in [0.4, 0.5) is 0 Å². The average Bonchev–Trinajstić information content (AvgIpc) is 3.74. The van der Waals surface area contributed by atoms with Gasteiger partial charge in [-0.1, -0.05) is 81.5 Å². The van der Waals surface area contributed by atoms with E-state index in [1.807, 2.05) is 23.5 Å². The van der Waals surface area contributed by atoms with Crippen LogP contribution in [0, 0.1) is 0 Å². The number of fused-ring (bicyclic) bond motifs is 7. The highest BCUT2D eigenvalue weighted by Gasteiger charge is 2.22. The van der Waals surface area contributed by atoms with Gasteiger partial charge in [0.1, 0.15) is 6.04 Å². The van der Waals surface area contributed by atoms with E-state index in [1.165, 1.54) is 58.7 Å². The molecule has 0 saturated carbocycles. The zero-order chi connectivity index (χ0) is 30.3. The van der Waals surface area contributed by atoms with Gasteiger partial charge in [-0.15, -0.1) is 11.3 Å². The largest absolute Gasteiger partial charge is 0.309 e. The van der Waals surface area contributed by atoms with Gasteiger partial charge in [-0.05, 0) is 88.8 Å². The number of rotatable bonds is 3. The van der Waals surface area contributed by atoms with E-state index in [0.29, 0.717) is 0 Å². The third-order valence-corrected chi connectivity index (χ3v) is 10.3. The number of allylic oxidation sites excluding steroid dienone is 2. The molecule has 7 aromatic rings. The summed E-state index contributed by atoms with van der Waals surface area (Å²) in [7, 11) is 0. The van der Waals surface area contributed by atoms with Crippen molar-refractivity contribution in [1.29, 1.82) is 0 Å². The molecule has 0 spiro atoms. The standard InChI is InChI=1S/C41H31N3S/c1-41(2,3)28-16-19-36-30(22-28)31-23-33-32-21-27(25-9-5-4-6-10-25)15-20-38(32)45-39(33)24-37(31)44(36)29-17-13-26(14-18-29)40-42-34-11-7-8-12-35(34)43-40/h4-24,34H,1-3H3. The van der Waals surface area contributed by atoms with E-state index < -0.39 is 0 Å². The molecular formula is C41H31N3S. The van der Waals surface area contributed by atoms with Crippen LogP contribution >= 0.6 is 11.3 Å². The number of hydrogen-bond donors (Lipinski definition) is 0. The lowest BCUT2D eigenvalue weighted by atomic mass is 9.86. The Morgan fingerprint density at radius 2 is 1.42 bits per heavy atom. The molecule has 0 amide bonds. The minimum absolute atomic E-state index is 0.0338. The number of benzene rings is 5. The van der Waals surface area contributed by atoms with Crippen molar-refractivity contribution in [3.8, 4) is 16.8 Å². The van der Waals surface area contributed by atoms with Crippen molar-refractivity contribution in [3.63, 3.8) is 0 Å². The first-order valence-corrected chi connectivity index (χ1v) is 16.3. The number of amidine groups is 1. The molecule has 0 fully saturated rings. The van der Waals surface area contributed by atoms with Gasteiger partial charge in [0.05, 0.1) is 16.7 Å². The van der Waals surface area contributed by atoms with Crippen molar-refractivity contribution < 1.29 is 0 Å². The molecule has 3 heterocycles. The molecule has 2 aromatic heterocycles. The summed E-state index contributed by atoms with van der Waals surface area (Å²) in [4.78, 5) is 9.66. The van der Waals surface area contributed by atoms with Gasteiger partial charge < -0.3 is 4.57 Å². The van der Waals surface area contributed by atoms with Crippen LogP contribution < -0.4 is 0 Å². The fourth-order valence-electron chi connectivity index (χ4n) is 6.76. The van der Waals surface area contributed by atoms with E-state index in [4.69, 9.17) is 9.98 Å². The van der Waals surface area contributed by atoms with Gasteiger partial charge in [-0.2, -0.15) is 0 Å². The van der Waals surface area contributed by atoms with Crippen LogP contribution in [-0.2, 0) is 5.41 Å². The molecular weight excluding hydrogens is 567 g/mol. The predicted molar refractivity (Wildman–Crippen MR) is 194 cm³/mol. The Hall–Kier alpha value is -5.06. The number of hydrogen-bond acceptors (Lipinski definition) is 3. The van der Waals surface area contributed by atoms with Crippen molar-refractivity contribution in [3.05, 3.63) is 139 Å². The van der Waals surface area contributed by atoms with Crippen LogP contribution in [0.25, 0.3) is 58.8 Å². The summed E-state index contributed by atoms with van der Waals surface area (Å²) in [5, 5.41) is 5.21. The summed E-state index contributed by atoms with van der Waals surface area (Å²) in [6, 6.07) is 38.2. The zero-order valence-electron chi connectivity index (χ0n) is 25.5. The van der Waals surface area contributed by atoms with Crippen LogP contribution in [0.15, 0.2) is 137 Å². The Bertz CT molecular complexity index is 2440. The molecule has 0 N–H and O–H groups in total. The van der Waals surface area contributed by atoms with Gasteiger partial charge in [0.25, 0.3) is 0 Å². The predicted octanol–water partition coefficient (Wildman–Crippen LogP) is 10.8. The smallest absolute Gasteiger partial charge is 0.155 e. The second-order valence-electron chi connectivity index (χ2n) is 13.1. The SMILES string of the molecule is CC(C)(C)c1ccc2c(c1)c1cc3c(cc1n2-c1ccc(C2=NC4C=CC=CC4=N2)cc1)sc1ccc(-c2ccccc2)cc13. The Balaban J connectivity index is 1.25. The van der Waals surface area contributed by atoms with Crippen LogP contribution in [0.1, 0.15) is 31.9 Å². The van der Waals surface area contributed by atoms with Crippen LogP contribution in [0.2, 0.25) is 0 Å². The average molecular weight is 598 g/mol. The maximum Gasteiger partial charge on any atom is 0.155 e. The summed E-state index contributed by atoms with van der Waals surface area (Å²) < 4.78 is 5.05. The van der Waals surface area contributed by atoms with Crippen molar-refractivity contribution >= 4 is 64.9 Å². The van der Waals surface area contributed by atoms with Gasteiger partial charge in [-0.25, -0.2) is 4.99 Å². The highest BCUT2D eigenvalue weighted by atomic mass is 32.1. The molecule has 45 heavy (non-hydrogen) atoms. The third kappa shape index (κ3) is 4.24. The van der Waals surface area contributed by atoms with E-state index in [2.05, 4.69) is 141 Å². The molecule has 3 nitrogen and oxygen atoms in total. The van der Waals surface area contributed by atoms with Gasteiger partial charge >= 0.3 is 0 Å². The van der Waals surface area contributed by atoms with Gasteiger partial charge in [-0.3, -0.25) is 4.99 Å². The summed E-state index contributed by atoms with van der Waals surface area (Å²) in [6.07, 6.45) is 8.22. The second kappa shape index (κ2) is 9.72. The normalized spacial score (nSPS) is 16.2. The first-order chi connectivity index (χ1) is 21.9. The lowest BCUT2D eigenvalue weighted by molar-refractivity contribution is 0.591. The van der Waals surface area contributed by atoms with Crippen LogP contribution in [0.3, 0.4) is 0 Å². The Kier molecular flexibility index (Phi) is 5.69. The molecule has 9 rings (SSSR count). The second-order valence-corrected chi connectivity index (χ2v) is 14.2. The summed E-state index contributed by atoms with van der Waals surface area (Å²) >= 11 is 1.88. The van der Waals surface area contributed by atoms with Crippen LogP contribution in [-0.4, -0.2) is 22.2 Å². The van der Waals surface area contributed by atoms with E-state index in [-0.39, 0.29) is 11.5 Å². The molecule has 216 valence electrons. The molecule has 4 heteroatoms. The lowest BCUT2D eigenvalue weighted by Gasteiger charge is -2.19. The summed E-state index contributed by atoms with van der Waals surface area (Å²) in [5.41, 5.74) is 9.53. The monoisotopic (exact) mass is 597 g/mol. The summed E-state index contributed by atoms with van der Waals surface area (Å²) in [5.74, 6) is 0.802. The molecule has 0 saturated heterocycles. The molecule has 0 bridgehead atoms. The Morgan fingerprint density at radius 1 is 0.644 bits per heavy atom. The molecule has 1 unspecified atom stereocenters.